The van der Waals surface area contributed by atoms with Gasteiger partial charge >= 0.3 is 0 Å². The Morgan fingerprint density at radius 1 is 1.09 bits per heavy atom. The molecule has 22 heavy (non-hydrogen) atoms. The van der Waals surface area contributed by atoms with Gasteiger partial charge in [-0.15, -0.1) is 0 Å². The SMILES string of the molecule is C[C@@]12C3(O)C[C@H]4[C@H]5O[C@@H]3C(Cl)(Cl)[C@]1(O)OC[C@]52CC[C@@]4(C)O. The van der Waals surface area contributed by atoms with Crippen molar-refractivity contribution in [3.8, 4) is 0 Å². The van der Waals surface area contributed by atoms with Crippen LogP contribution in [0.3, 0.4) is 0 Å². The van der Waals surface area contributed by atoms with Crippen molar-refractivity contribution in [1.82, 2.24) is 0 Å². The molecule has 6 aliphatic rings. The van der Waals surface area contributed by atoms with Crippen LogP contribution in [0.4, 0.5) is 0 Å². The fraction of sp³-hybridized carbons (Fsp3) is 1.00. The minimum atomic E-state index is -1.86. The first-order valence-corrected chi connectivity index (χ1v) is 8.58. The van der Waals surface area contributed by atoms with Crippen molar-refractivity contribution in [3.05, 3.63) is 0 Å². The van der Waals surface area contributed by atoms with E-state index in [1.807, 2.05) is 6.92 Å². The second-order valence-electron chi connectivity index (χ2n) is 8.37. The molecular weight excluding hydrogens is 331 g/mol. The van der Waals surface area contributed by atoms with E-state index < -0.39 is 38.3 Å². The molecule has 6 bridgehead atoms. The summed E-state index contributed by atoms with van der Waals surface area (Å²) in [6.07, 6.45) is 0.222. The highest BCUT2D eigenvalue weighted by Gasteiger charge is 2.95. The van der Waals surface area contributed by atoms with E-state index in [1.165, 1.54) is 0 Å². The van der Waals surface area contributed by atoms with Crippen molar-refractivity contribution in [2.45, 2.75) is 66.6 Å². The largest absolute Gasteiger partial charge is 0.390 e. The van der Waals surface area contributed by atoms with Crippen LogP contribution in [0.5, 0.6) is 0 Å². The van der Waals surface area contributed by atoms with Gasteiger partial charge in [0.15, 0.2) is 0 Å². The highest BCUT2D eigenvalue weighted by Crippen LogP contribution is 2.83. The summed E-state index contributed by atoms with van der Waals surface area (Å²) in [5, 5.41) is 33.5. The number of alkyl halides is 2. The molecule has 3 saturated heterocycles. The summed E-state index contributed by atoms with van der Waals surface area (Å²) in [6.45, 7) is 3.84. The Hall–Kier alpha value is 0.380. The Kier molecular flexibility index (Phi) is 2.25. The first-order valence-electron chi connectivity index (χ1n) is 7.82. The topological polar surface area (TPSA) is 79.2 Å². The van der Waals surface area contributed by atoms with E-state index in [0.717, 1.165) is 0 Å². The summed E-state index contributed by atoms with van der Waals surface area (Å²) >= 11 is 13.0. The van der Waals surface area contributed by atoms with E-state index in [4.69, 9.17) is 32.7 Å². The summed E-state index contributed by atoms with van der Waals surface area (Å²) in [6, 6.07) is 0. The monoisotopic (exact) mass is 350 g/mol. The fourth-order valence-electron chi connectivity index (χ4n) is 6.50. The van der Waals surface area contributed by atoms with E-state index in [9.17, 15) is 15.3 Å². The lowest BCUT2D eigenvalue weighted by atomic mass is 9.40. The van der Waals surface area contributed by atoms with Gasteiger partial charge < -0.3 is 24.8 Å². The molecule has 1 spiro atoms. The average molecular weight is 351 g/mol. The smallest absolute Gasteiger partial charge is 0.211 e. The molecule has 3 heterocycles. The van der Waals surface area contributed by atoms with Gasteiger partial charge in [-0.05, 0) is 26.2 Å². The molecule has 124 valence electrons. The van der Waals surface area contributed by atoms with Gasteiger partial charge in [-0.25, -0.2) is 0 Å². The maximum absolute atomic E-state index is 11.5. The molecule has 6 rings (SSSR count). The molecule has 0 aromatic rings. The Labute approximate surface area is 138 Å². The van der Waals surface area contributed by atoms with E-state index in [-0.39, 0.29) is 18.6 Å². The van der Waals surface area contributed by atoms with Gasteiger partial charge in [-0.2, -0.15) is 0 Å². The van der Waals surface area contributed by atoms with Crippen LogP contribution in [0.25, 0.3) is 0 Å². The lowest BCUT2D eigenvalue weighted by Crippen LogP contribution is -2.79. The molecule has 3 aliphatic carbocycles. The molecule has 6 fully saturated rings. The average Bonchev–Trinajstić information content (AvgIpc) is 2.71. The van der Waals surface area contributed by atoms with Crippen molar-refractivity contribution < 1.29 is 24.8 Å². The molecule has 3 aliphatic heterocycles. The predicted octanol–water partition coefficient (Wildman–Crippen LogP) is 0.949. The van der Waals surface area contributed by atoms with Crippen molar-refractivity contribution in [2.75, 3.05) is 6.61 Å². The van der Waals surface area contributed by atoms with Gasteiger partial charge in [-0.1, -0.05) is 30.1 Å². The number of hydrogen-bond donors (Lipinski definition) is 3. The molecule has 0 radical (unpaired) electrons. The minimum Gasteiger partial charge on any atom is -0.390 e. The Morgan fingerprint density at radius 2 is 1.77 bits per heavy atom. The second-order valence-corrected chi connectivity index (χ2v) is 9.75. The molecule has 5 nitrogen and oxygen atoms in total. The normalized spacial score (nSPS) is 70.2. The van der Waals surface area contributed by atoms with Crippen molar-refractivity contribution in [2.24, 2.45) is 16.7 Å². The maximum atomic E-state index is 11.5. The fourth-order valence-corrected chi connectivity index (χ4v) is 7.45. The molecule has 0 aromatic heterocycles. The standard InChI is InChI=1S/C15H20Cl2O5/c1-10(18)3-4-12-6-21-15(20)11(12,2)13(19)5-7(10)8(12)22-9(13)14(15,16)17/h7-9,18-20H,3-6H2,1-2H3/t7-,8+,9-,10+,11+,12+,13?,15+/m0/s1. The van der Waals surface area contributed by atoms with E-state index >= 15 is 0 Å². The van der Waals surface area contributed by atoms with Gasteiger partial charge in [0.05, 0.1) is 23.7 Å². The van der Waals surface area contributed by atoms with Crippen molar-refractivity contribution >= 4 is 23.2 Å². The van der Waals surface area contributed by atoms with Crippen LogP contribution < -0.4 is 0 Å². The van der Waals surface area contributed by atoms with Crippen molar-refractivity contribution in [3.63, 3.8) is 0 Å². The zero-order valence-corrected chi connectivity index (χ0v) is 14.0. The Balaban J connectivity index is 1.83. The van der Waals surface area contributed by atoms with E-state index in [2.05, 4.69) is 0 Å². The van der Waals surface area contributed by atoms with Gasteiger partial charge in [0, 0.05) is 11.3 Å². The maximum Gasteiger partial charge on any atom is 0.211 e. The third-order valence-electron chi connectivity index (χ3n) is 7.89. The number of aliphatic hydroxyl groups is 3. The van der Waals surface area contributed by atoms with E-state index in [1.54, 1.807) is 6.92 Å². The van der Waals surface area contributed by atoms with Crippen LogP contribution in [0.2, 0.25) is 0 Å². The summed E-state index contributed by atoms with van der Waals surface area (Å²) in [5.74, 6) is -2.07. The molecule has 1 unspecified atom stereocenters. The number of hydrogen-bond acceptors (Lipinski definition) is 5. The summed E-state index contributed by atoms with van der Waals surface area (Å²) in [5.41, 5.74) is -3.94. The van der Waals surface area contributed by atoms with E-state index in [0.29, 0.717) is 19.3 Å². The van der Waals surface area contributed by atoms with Crippen LogP contribution in [0, 0.1) is 16.7 Å². The first kappa shape index (κ1) is 14.7. The highest BCUT2D eigenvalue weighted by atomic mass is 35.5. The summed E-state index contributed by atoms with van der Waals surface area (Å²) in [4.78, 5) is 0. The number of rotatable bonds is 0. The first-order chi connectivity index (χ1) is 9.98. The summed E-state index contributed by atoms with van der Waals surface area (Å²) < 4.78 is 10.2. The second kappa shape index (κ2) is 3.36. The number of halogens is 2. The lowest BCUT2D eigenvalue weighted by Gasteiger charge is -2.69. The zero-order chi connectivity index (χ0) is 16.0. The van der Waals surface area contributed by atoms with Crippen molar-refractivity contribution in [1.29, 1.82) is 0 Å². The molecule has 7 heteroatoms. The molecule has 8 atom stereocenters. The predicted molar refractivity (Wildman–Crippen MR) is 77.5 cm³/mol. The Bertz CT molecular complexity index is 596. The minimum absolute atomic E-state index is 0.219. The molecule has 0 amide bonds. The van der Waals surface area contributed by atoms with Gasteiger partial charge in [0.1, 0.15) is 11.7 Å². The quantitative estimate of drug-likeness (QED) is 0.567. The number of ether oxygens (including phenoxy) is 2. The molecule has 0 aromatic carbocycles. The zero-order valence-electron chi connectivity index (χ0n) is 12.5. The highest BCUT2D eigenvalue weighted by molar-refractivity contribution is 6.50. The summed E-state index contributed by atoms with van der Waals surface area (Å²) in [7, 11) is 0. The van der Waals surface area contributed by atoms with Gasteiger partial charge in [0.25, 0.3) is 0 Å². The van der Waals surface area contributed by atoms with Gasteiger partial charge in [-0.3, -0.25) is 0 Å². The third kappa shape index (κ3) is 1.00. The molecular formula is C15H20Cl2O5. The van der Waals surface area contributed by atoms with Crippen LogP contribution in [0.15, 0.2) is 0 Å². The van der Waals surface area contributed by atoms with Gasteiger partial charge in [0.2, 0.25) is 10.1 Å². The Morgan fingerprint density at radius 3 is 2.45 bits per heavy atom. The van der Waals surface area contributed by atoms with Crippen LogP contribution in [-0.2, 0) is 9.47 Å². The van der Waals surface area contributed by atoms with Crippen LogP contribution in [-0.4, -0.2) is 55.5 Å². The molecule has 3 saturated carbocycles. The lowest BCUT2D eigenvalue weighted by molar-refractivity contribution is -0.365. The third-order valence-corrected chi connectivity index (χ3v) is 8.80. The molecule has 3 N–H and O–H groups in total. The van der Waals surface area contributed by atoms with Crippen LogP contribution in [0.1, 0.15) is 33.1 Å². The van der Waals surface area contributed by atoms with Crippen LogP contribution >= 0.6 is 23.2 Å².